The number of aromatic nitrogens is 2. The maximum Gasteiger partial charge on any atom is 0.328 e. The van der Waals surface area contributed by atoms with Gasteiger partial charge in [-0.25, -0.2) is 9.78 Å². The molecule has 2 N–H and O–H groups in total. The molecule has 6 nitrogen and oxygen atoms in total. The molecule has 1 aromatic heterocycles. The number of nitrogens with one attached hydrogen (secondary N) is 2. The number of esters is 1. The van der Waals surface area contributed by atoms with Gasteiger partial charge in [-0.2, -0.15) is 0 Å². The highest BCUT2D eigenvalue weighted by molar-refractivity contribution is 5.78. The molecule has 1 rings (SSSR count). The summed E-state index contributed by atoms with van der Waals surface area (Å²) in [5.74, 6) is -0.305. The molecule has 1 aromatic rings. The molecule has 0 amide bonds. The van der Waals surface area contributed by atoms with Crippen molar-refractivity contribution in [3.63, 3.8) is 0 Å². The van der Waals surface area contributed by atoms with Gasteiger partial charge in [0.1, 0.15) is 6.04 Å². The van der Waals surface area contributed by atoms with Crippen LogP contribution < -0.4 is 10.9 Å². The lowest BCUT2D eigenvalue weighted by Crippen LogP contribution is -2.31. The maximum absolute atomic E-state index is 11.2. The molecular formula is C9H13N3O3. The van der Waals surface area contributed by atoms with E-state index < -0.39 is 12.0 Å². The second-order valence-electron chi connectivity index (χ2n) is 2.88. The van der Waals surface area contributed by atoms with Crippen molar-refractivity contribution < 1.29 is 9.53 Å². The number of hydrogen-bond acceptors (Lipinski definition) is 5. The van der Waals surface area contributed by atoms with E-state index in [1.165, 1.54) is 12.4 Å². The van der Waals surface area contributed by atoms with E-state index in [-0.39, 0.29) is 11.4 Å². The number of nitrogens with zero attached hydrogens (tertiary/aromatic N) is 1. The molecule has 0 saturated carbocycles. The highest BCUT2D eigenvalue weighted by Crippen LogP contribution is 1.97. The van der Waals surface area contributed by atoms with E-state index in [0.717, 1.165) is 0 Å². The molecular weight excluding hydrogens is 198 g/mol. The lowest BCUT2D eigenvalue weighted by molar-refractivity contribution is -0.143. The van der Waals surface area contributed by atoms with Gasteiger partial charge in [-0.15, -0.1) is 0 Å². The average molecular weight is 211 g/mol. The molecule has 0 aliphatic carbocycles. The summed E-state index contributed by atoms with van der Waals surface area (Å²) in [6.45, 7) is 3.63. The summed E-state index contributed by atoms with van der Waals surface area (Å²) in [5.41, 5.74) is -0.367. The van der Waals surface area contributed by atoms with Gasteiger partial charge in [-0.05, 0) is 13.8 Å². The van der Waals surface area contributed by atoms with Gasteiger partial charge in [0.25, 0.3) is 5.56 Å². The number of carbonyl (C=O) groups is 1. The molecule has 82 valence electrons. The van der Waals surface area contributed by atoms with Crippen LogP contribution in [-0.2, 0) is 9.53 Å². The first-order valence-electron chi connectivity index (χ1n) is 4.62. The largest absolute Gasteiger partial charge is 0.464 e. The van der Waals surface area contributed by atoms with E-state index in [0.29, 0.717) is 6.61 Å². The van der Waals surface area contributed by atoms with Crippen LogP contribution in [0.15, 0.2) is 17.2 Å². The van der Waals surface area contributed by atoms with Crippen LogP contribution in [-0.4, -0.2) is 28.6 Å². The summed E-state index contributed by atoms with van der Waals surface area (Å²) in [7, 11) is 0. The lowest BCUT2D eigenvalue weighted by atomic mass is 10.3. The molecule has 0 saturated heterocycles. The van der Waals surface area contributed by atoms with Gasteiger partial charge in [0, 0.05) is 12.4 Å². The van der Waals surface area contributed by atoms with Gasteiger partial charge in [-0.3, -0.25) is 4.79 Å². The van der Waals surface area contributed by atoms with Gasteiger partial charge in [0.05, 0.1) is 6.61 Å². The third-order valence-corrected chi connectivity index (χ3v) is 1.70. The number of H-pyrrole nitrogens is 1. The Morgan fingerprint density at radius 1 is 1.73 bits per heavy atom. The number of rotatable bonds is 4. The van der Waals surface area contributed by atoms with Crippen molar-refractivity contribution in [3.05, 3.63) is 22.7 Å². The topological polar surface area (TPSA) is 84.1 Å². The summed E-state index contributed by atoms with van der Waals surface area (Å²) < 4.78 is 4.77. The number of ether oxygens (including phenoxy) is 1. The average Bonchev–Trinajstić information content (AvgIpc) is 2.21. The molecule has 15 heavy (non-hydrogen) atoms. The predicted molar refractivity (Wildman–Crippen MR) is 54.6 cm³/mol. The number of aromatic amines is 1. The van der Waals surface area contributed by atoms with E-state index in [1.807, 2.05) is 0 Å². The Morgan fingerprint density at radius 2 is 2.47 bits per heavy atom. The zero-order valence-corrected chi connectivity index (χ0v) is 8.61. The minimum absolute atomic E-state index is 0.109. The molecule has 0 radical (unpaired) electrons. The SMILES string of the molecule is CCOC(=O)C(C)Nc1ncc[nH]c1=O. The number of hydrogen-bond donors (Lipinski definition) is 2. The molecule has 0 aliphatic rings. The van der Waals surface area contributed by atoms with Crippen molar-refractivity contribution in [1.82, 2.24) is 9.97 Å². The van der Waals surface area contributed by atoms with Crippen LogP contribution in [0.25, 0.3) is 0 Å². The molecule has 0 bridgehead atoms. The van der Waals surface area contributed by atoms with E-state index in [4.69, 9.17) is 4.74 Å². The monoisotopic (exact) mass is 211 g/mol. The van der Waals surface area contributed by atoms with Crippen LogP contribution in [0.1, 0.15) is 13.8 Å². The second kappa shape index (κ2) is 5.14. The Kier molecular flexibility index (Phi) is 3.84. The Bertz CT molecular complexity index is 388. The van der Waals surface area contributed by atoms with E-state index in [9.17, 15) is 9.59 Å². The van der Waals surface area contributed by atoms with Crippen molar-refractivity contribution >= 4 is 11.8 Å². The molecule has 0 spiro atoms. The van der Waals surface area contributed by atoms with Crippen LogP contribution >= 0.6 is 0 Å². The van der Waals surface area contributed by atoms with Crippen molar-refractivity contribution in [2.75, 3.05) is 11.9 Å². The first-order chi connectivity index (χ1) is 7.15. The zero-order valence-electron chi connectivity index (χ0n) is 8.61. The van der Waals surface area contributed by atoms with Crippen LogP contribution in [0.4, 0.5) is 5.82 Å². The zero-order chi connectivity index (χ0) is 11.3. The van der Waals surface area contributed by atoms with Gasteiger partial charge in [0.15, 0.2) is 5.82 Å². The highest BCUT2D eigenvalue weighted by atomic mass is 16.5. The minimum atomic E-state index is -0.596. The van der Waals surface area contributed by atoms with E-state index in [1.54, 1.807) is 13.8 Å². The van der Waals surface area contributed by atoms with Gasteiger partial charge in [0.2, 0.25) is 0 Å². The summed E-state index contributed by atoms with van der Waals surface area (Å²) in [5, 5.41) is 2.67. The molecule has 1 heterocycles. The third-order valence-electron chi connectivity index (χ3n) is 1.70. The molecule has 0 aromatic carbocycles. The predicted octanol–water partition coefficient (Wildman–Crippen LogP) is 0.133. The highest BCUT2D eigenvalue weighted by Gasteiger charge is 2.15. The third kappa shape index (κ3) is 3.08. The number of carbonyl (C=O) groups excluding carboxylic acids is 1. The molecule has 1 unspecified atom stereocenters. The van der Waals surface area contributed by atoms with Gasteiger partial charge in [-0.1, -0.05) is 0 Å². The van der Waals surface area contributed by atoms with Crippen molar-refractivity contribution in [2.45, 2.75) is 19.9 Å². The minimum Gasteiger partial charge on any atom is -0.464 e. The quantitative estimate of drug-likeness (QED) is 0.692. The smallest absolute Gasteiger partial charge is 0.328 e. The van der Waals surface area contributed by atoms with Gasteiger partial charge >= 0.3 is 5.97 Å². The fourth-order valence-corrected chi connectivity index (χ4v) is 0.986. The summed E-state index contributed by atoms with van der Waals surface area (Å²) in [6.07, 6.45) is 2.85. The van der Waals surface area contributed by atoms with Crippen LogP contribution in [0, 0.1) is 0 Å². The maximum atomic E-state index is 11.2. The van der Waals surface area contributed by atoms with Crippen LogP contribution in [0.2, 0.25) is 0 Å². The fourth-order valence-electron chi connectivity index (χ4n) is 0.986. The van der Waals surface area contributed by atoms with Crippen molar-refractivity contribution in [2.24, 2.45) is 0 Å². The standard InChI is InChI=1S/C9H13N3O3/c1-3-15-9(14)6(2)12-7-8(13)11-5-4-10-7/h4-6H,3H2,1-2H3,(H,10,12)(H,11,13). The Morgan fingerprint density at radius 3 is 3.07 bits per heavy atom. The van der Waals surface area contributed by atoms with Crippen molar-refractivity contribution in [1.29, 1.82) is 0 Å². The van der Waals surface area contributed by atoms with E-state index >= 15 is 0 Å². The molecule has 1 atom stereocenters. The Hall–Kier alpha value is -1.85. The summed E-state index contributed by atoms with van der Waals surface area (Å²) in [6, 6.07) is -0.596. The molecule has 6 heteroatoms. The first kappa shape index (κ1) is 11.2. The lowest BCUT2D eigenvalue weighted by Gasteiger charge is -2.11. The Labute approximate surface area is 86.7 Å². The molecule has 0 aliphatic heterocycles. The Balaban J connectivity index is 2.66. The molecule has 0 fully saturated rings. The van der Waals surface area contributed by atoms with Crippen LogP contribution in [0.5, 0.6) is 0 Å². The van der Waals surface area contributed by atoms with Crippen molar-refractivity contribution in [3.8, 4) is 0 Å². The van der Waals surface area contributed by atoms with Gasteiger partial charge < -0.3 is 15.0 Å². The van der Waals surface area contributed by atoms with Crippen LogP contribution in [0.3, 0.4) is 0 Å². The summed E-state index contributed by atoms with van der Waals surface area (Å²) >= 11 is 0. The normalized spacial score (nSPS) is 11.9. The van der Waals surface area contributed by atoms with E-state index in [2.05, 4.69) is 15.3 Å². The number of anilines is 1. The second-order valence-corrected chi connectivity index (χ2v) is 2.88. The first-order valence-corrected chi connectivity index (χ1v) is 4.62. The summed E-state index contributed by atoms with van der Waals surface area (Å²) in [4.78, 5) is 28.7. The fraction of sp³-hybridized carbons (Fsp3) is 0.444.